The predicted octanol–water partition coefficient (Wildman–Crippen LogP) is 3.38. The van der Waals surface area contributed by atoms with Crippen molar-refractivity contribution in [2.45, 2.75) is 25.2 Å². The molecule has 1 unspecified atom stereocenters. The van der Waals surface area contributed by atoms with Crippen molar-refractivity contribution in [3.63, 3.8) is 0 Å². The molecule has 1 amide bonds. The molecule has 120 valence electrons. The lowest BCUT2D eigenvalue weighted by atomic mass is 9.93. The molecule has 3 rings (SSSR count). The van der Waals surface area contributed by atoms with Gasteiger partial charge in [0.2, 0.25) is 5.91 Å². The van der Waals surface area contributed by atoms with Gasteiger partial charge in [0.05, 0.1) is 5.92 Å². The highest BCUT2D eigenvalue weighted by molar-refractivity contribution is 5.84. The van der Waals surface area contributed by atoms with Crippen LogP contribution in [0.15, 0.2) is 48.5 Å². The van der Waals surface area contributed by atoms with E-state index in [1.807, 2.05) is 12.1 Å². The summed E-state index contributed by atoms with van der Waals surface area (Å²) in [6.45, 7) is 0.473. The van der Waals surface area contributed by atoms with Crippen LogP contribution in [0.25, 0.3) is 0 Å². The number of rotatable bonds is 6. The molecule has 4 heteroatoms. The maximum Gasteiger partial charge on any atom is 0.227 e. The lowest BCUT2D eigenvalue weighted by molar-refractivity contribution is -0.123. The molecule has 0 radical (unpaired) electrons. The topological polar surface area (TPSA) is 49.3 Å². The number of aromatic hydroxyl groups is 1. The predicted molar refractivity (Wildman–Crippen MR) is 86.7 cm³/mol. The summed E-state index contributed by atoms with van der Waals surface area (Å²) in [4.78, 5) is 12.5. The van der Waals surface area contributed by atoms with E-state index in [1.54, 1.807) is 24.3 Å². The molecule has 0 bridgehead atoms. The molecule has 2 aromatic carbocycles. The van der Waals surface area contributed by atoms with Gasteiger partial charge in [-0.25, -0.2) is 4.39 Å². The molecular weight excluding hydrogens is 293 g/mol. The summed E-state index contributed by atoms with van der Waals surface area (Å²) in [6, 6.07) is 13.3. The zero-order valence-electron chi connectivity index (χ0n) is 12.8. The summed E-state index contributed by atoms with van der Waals surface area (Å²) in [5, 5.41) is 12.7. The monoisotopic (exact) mass is 313 g/mol. The lowest BCUT2D eigenvalue weighted by Crippen LogP contribution is -2.32. The van der Waals surface area contributed by atoms with Crippen molar-refractivity contribution in [3.8, 4) is 5.75 Å². The Bertz CT molecular complexity index is 680. The van der Waals surface area contributed by atoms with Gasteiger partial charge in [-0.2, -0.15) is 0 Å². The second kappa shape index (κ2) is 6.82. The largest absolute Gasteiger partial charge is 0.508 e. The number of nitrogens with one attached hydrogen (secondary N) is 1. The Morgan fingerprint density at radius 1 is 1.17 bits per heavy atom. The maximum absolute atomic E-state index is 13.1. The molecule has 0 heterocycles. The van der Waals surface area contributed by atoms with Crippen molar-refractivity contribution in [1.29, 1.82) is 0 Å². The number of amides is 1. The normalized spacial score (nSPS) is 15.2. The number of halogens is 1. The van der Waals surface area contributed by atoms with E-state index in [0.717, 1.165) is 24.0 Å². The number of carbonyl (C=O) groups excluding carboxylic acids is 1. The highest BCUT2D eigenvalue weighted by Gasteiger charge is 2.37. The first kappa shape index (κ1) is 15.5. The van der Waals surface area contributed by atoms with Gasteiger partial charge in [0.25, 0.3) is 0 Å². The first-order chi connectivity index (χ1) is 11.1. The van der Waals surface area contributed by atoms with Gasteiger partial charge in [-0.1, -0.05) is 30.3 Å². The van der Waals surface area contributed by atoms with Crippen molar-refractivity contribution >= 4 is 5.91 Å². The molecule has 0 saturated heterocycles. The summed E-state index contributed by atoms with van der Waals surface area (Å²) in [5.74, 6) is 0.0855. The Kier molecular flexibility index (Phi) is 4.60. The van der Waals surface area contributed by atoms with E-state index in [-0.39, 0.29) is 23.4 Å². The van der Waals surface area contributed by atoms with E-state index in [4.69, 9.17) is 0 Å². The van der Waals surface area contributed by atoms with Crippen molar-refractivity contribution < 1.29 is 14.3 Å². The fraction of sp³-hybridized carbons (Fsp3) is 0.316. The van der Waals surface area contributed by atoms with Gasteiger partial charge >= 0.3 is 0 Å². The minimum absolute atomic E-state index is 0.0190. The third-order valence-electron chi connectivity index (χ3n) is 4.29. The average Bonchev–Trinajstić information content (AvgIpc) is 3.36. The zero-order valence-corrected chi connectivity index (χ0v) is 12.8. The van der Waals surface area contributed by atoms with Crippen LogP contribution in [0.1, 0.15) is 29.9 Å². The van der Waals surface area contributed by atoms with E-state index in [1.165, 1.54) is 12.1 Å². The standard InChI is InChI=1S/C19H20FNO2/c20-16-9-7-15(8-10-16)18(14-5-6-14)19(23)21-12-11-13-3-1-2-4-17(13)22/h1-4,7-10,14,18,22H,5-6,11-12H2,(H,21,23). The minimum atomic E-state index is -0.289. The summed E-state index contributed by atoms with van der Waals surface area (Å²) in [5.41, 5.74) is 1.69. The summed E-state index contributed by atoms with van der Waals surface area (Å²) >= 11 is 0. The number of phenols is 1. The Morgan fingerprint density at radius 3 is 2.52 bits per heavy atom. The maximum atomic E-state index is 13.1. The van der Waals surface area contributed by atoms with Crippen LogP contribution in [0.4, 0.5) is 4.39 Å². The van der Waals surface area contributed by atoms with Gasteiger partial charge in [-0.15, -0.1) is 0 Å². The highest BCUT2D eigenvalue weighted by Crippen LogP contribution is 2.42. The van der Waals surface area contributed by atoms with Crippen molar-refractivity contribution in [3.05, 3.63) is 65.5 Å². The van der Waals surface area contributed by atoms with Crippen LogP contribution in [-0.2, 0) is 11.2 Å². The fourth-order valence-electron chi connectivity index (χ4n) is 2.89. The van der Waals surface area contributed by atoms with Crippen molar-refractivity contribution in [2.75, 3.05) is 6.54 Å². The Balaban J connectivity index is 1.61. The van der Waals surface area contributed by atoms with Crippen LogP contribution in [0.2, 0.25) is 0 Å². The van der Waals surface area contributed by atoms with Gasteiger partial charge in [0, 0.05) is 6.54 Å². The zero-order chi connectivity index (χ0) is 16.2. The van der Waals surface area contributed by atoms with Crippen molar-refractivity contribution in [1.82, 2.24) is 5.32 Å². The van der Waals surface area contributed by atoms with Crippen LogP contribution in [0, 0.1) is 11.7 Å². The Morgan fingerprint density at radius 2 is 1.87 bits per heavy atom. The summed E-state index contributed by atoms with van der Waals surface area (Å²) in [6.07, 6.45) is 2.66. The van der Waals surface area contributed by atoms with Gasteiger partial charge in [-0.05, 0) is 54.5 Å². The summed E-state index contributed by atoms with van der Waals surface area (Å²) < 4.78 is 13.1. The van der Waals surface area contributed by atoms with Crippen molar-refractivity contribution in [2.24, 2.45) is 5.92 Å². The Hall–Kier alpha value is -2.36. The minimum Gasteiger partial charge on any atom is -0.508 e. The third kappa shape index (κ3) is 3.89. The first-order valence-electron chi connectivity index (χ1n) is 7.95. The van der Waals surface area contributed by atoms with Gasteiger partial charge < -0.3 is 10.4 Å². The van der Waals surface area contributed by atoms with Crippen LogP contribution in [-0.4, -0.2) is 17.6 Å². The molecular formula is C19H20FNO2. The van der Waals surface area contributed by atoms with E-state index in [0.29, 0.717) is 18.9 Å². The molecule has 0 aliphatic heterocycles. The number of carbonyl (C=O) groups is 1. The van der Waals surface area contributed by atoms with Crippen LogP contribution < -0.4 is 5.32 Å². The second-order valence-corrected chi connectivity index (χ2v) is 6.04. The number of hydrogen-bond donors (Lipinski definition) is 2. The number of phenolic OH excluding ortho intramolecular Hbond substituents is 1. The molecule has 1 aliphatic rings. The van der Waals surface area contributed by atoms with E-state index >= 15 is 0 Å². The Labute approximate surface area is 135 Å². The molecule has 1 saturated carbocycles. The third-order valence-corrected chi connectivity index (χ3v) is 4.29. The molecule has 0 spiro atoms. The van der Waals surface area contributed by atoms with Crippen LogP contribution in [0.3, 0.4) is 0 Å². The number of para-hydroxylation sites is 1. The smallest absolute Gasteiger partial charge is 0.227 e. The molecule has 2 aromatic rings. The number of benzene rings is 2. The molecule has 23 heavy (non-hydrogen) atoms. The molecule has 0 aromatic heterocycles. The van der Waals surface area contributed by atoms with Gasteiger partial charge in [0.15, 0.2) is 0 Å². The quantitative estimate of drug-likeness (QED) is 0.859. The first-order valence-corrected chi connectivity index (χ1v) is 7.95. The highest BCUT2D eigenvalue weighted by atomic mass is 19.1. The van der Waals surface area contributed by atoms with Crippen LogP contribution in [0.5, 0.6) is 5.75 Å². The SMILES string of the molecule is O=C(NCCc1ccccc1O)C(c1ccc(F)cc1)C1CC1. The van der Waals surface area contributed by atoms with Gasteiger partial charge in [0.1, 0.15) is 11.6 Å². The molecule has 1 aliphatic carbocycles. The summed E-state index contributed by atoms with van der Waals surface area (Å²) in [7, 11) is 0. The lowest BCUT2D eigenvalue weighted by Gasteiger charge is -2.17. The van der Waals surface area contributed by atoms with E-state index in [9.17, 15) is 14.3 Å². The number of hydrogen-bond acceptors (Lipinski definition) is 2. The second-order valence-electron chi connectivity index (χ2n) is 6.04. The van der Waals surface area contributed by atoms with Crippen LogP contribution >= 0.6 is 0 Å². The van der Waals surface area contributed by atoms with E-state index in [2.05, 4.69) is 5.32 Å². The fourth-order valence-corrected chi connectivity index (χ4v) is 2.89. The molecule has 1 atom stereocenters. The molecule has 3 nitrogen and oxygen atoms in total. The molecule has 2 N–H and O–H groups in total. The molecule has 1 fully saturated rings. The van der Waals surface area contributed by atoms with Gasteiger partial charge in [-0.3, -0.25) is 4.79 Å². The van der Waals surface area contributed by atoms with E-state index < -0.39 is 0 Å². The average molecular weight is 313 g/mol.